The molecule has 0 aliphatic carbocycles. The Morgan fingerprint density at radius 3 is 2.30 bits per heavy atom. The Hall–Kier alpha value is -4.66. The van der Waals surface area contributed by atoms with Crippen LogP contribution in [0.4, 0.5) is 0 Å². The van der Waals surface area contributed by atoms with E-state index in [0.29, 0.717) is 11.3 Å². The standard InChI is InChI=1S/C24H20N4O5/c29-21(14-28-19-12-6-4-11-18(19)23(31)25-24(28)32)26-27-22(30)15-33-20-13-7-5-10-17(20)16-8-2-1-3-9-16/h1-13H,14-15H2,(H,26,29)(H,27,30)(H,25,31,32). The highest BCUT2D eigenvalue weighted by atomic mass is 16.5. The summed E-state index contributed by atoms with van der Waals surface area (Å²) >= 11 is 0. The number of amides is 2. The van der Waals surface area contributed by atoms with Gasteiger partial charge >= 0.3 is 5.69 Å². The lowest BCUT2D eigenvalue weighted by atomic mass is 10.1. The summed E-state index contributed by atoms with van der Waals surface area (Å²) in [5.41, 5.74) is 5.35. The molecule has 166 valence electrons. The van der Waals surface area contributed by atoms with Crippen LogP contribution in [0.5, 0.6) is 5.75 Å². The van der Waals surface area contributed by atoms with Crippen molar-refractivity contribution in [1.29, 1.82) is 0 Å². The van der Waals surface area contributed by atoms with Crippen molar-refractivity contribution in [2.45, 2.75) is 6.54 Å². The van der Waals surface area contributed by atoms with Gasteiger partial charge in [-0.25, -0.2) is 4.79 Å². The number of aromatic nitrogens is 2. The summed E-state index contributed by atoms with van der Waals surface area (Å²) in [4.78, 5) is 50.7. The Morgan fingerprint density at radius 2 is 1.48 bits per heavy atom. The van der Waals surface area contributed by atoms with Crippen LogP contribution in [-0.2, 0) is 16.1 Å². The molecular formula is C24H20N4O5. The van der Waals surface area contributed by atoms with Crippen LogP contribution in [0.1, 0.15) is 0 Å². The van der Waals surface area contributed by atoms with Crippen molar-refractivity contribution in [3.05, 3.63) is 99.7 Å². The lowest BCUT2D eigenvalue weighted by Gasteiger charge is -2.13. The van der Waals surface area contributed by atoms with Gasteiger partial charge < -0.3 is 4.74 Å². The summed E-state index contributed by atoms with van der Waals surface area (Å²) in [6.07, 6.45) is 0. The molecule has 9 nitrogen and oxygen atoms in total. The van der Waals surface area contributed by atoms with Gasteiger partial charge in [0.2, 0.25) is 0 Å². The Kier molecular flexibility index (Phi) is 6.31. The second-order valence-electron chi connectivity index (χ2n) is 7.11. The van der Waals surface area contributed by atoms with Crippen LogP contribution >= 0.6 is 0 Å². The van der Waals surface area contributed by atoms with Crippen LogP contribution in [0.25, 0.3) is 22.0 Å². The zero-order valence-electron chi connectivity index (χ0n) is 17.4. The SMILES string of the molecule is O=C(COc1ccccc1-c1ccccc1)NNC(=O)Cn1c(=O)[nH]c(=O)c2ccccc21. The minimum atomic E-state index is -0.721. The molecule has 0 radical (unpaired) electrons. The van der Waals surface area contributed by atoms with E-state index in [1.54, 1.807) is 36.4 Å². The second kappa shape index (κ2) is 9.65. The summed E-state index contributed by atoms with van der Waals surface area (Å²) in [6.45, 7) is -0.722. The molecule has 0 aliphatic rings. The number of para-hydroxylation sites is 2. The summed E-state index contributed by atoms with van der Waals surface area (Å²) < 4.78 is 6.75. The number of hydrogen-bond acceptors (Lipinski definition) is 5. The summed E-state index contributed by atoms with van der Waals surface area (Å²) in [5.74, 6) is -0.700. The number of carbonyl (C=O) groups is 2. The zero-order valence-corrected chi connectivity index (χ0v) is 17.4. The molecule has 33 heavy (non-hydrogen) atoms. The largest absolute Gasteiger partial charge is 0.483 e. The molecule has 3 N–H and O–H groups in total. The van der Waals surface area contributed by atoms with Crippen molar-refractivity contribution >= 4 is 22.7 Å². The number of ether oxygens (including phenoxy) is 1. The number of hydrogen-bond donors (Lipinski definition) is 3. The molecule has 0 bridgehead atoms. The Labute approximate surface area is 187 Å². The summed E-state index contributed by atoms with van der Waals surface area (Å²) in [7, 11) is 0. The van der Waals surface area contributed by atoms with E-state index in [-0.39, 0.29) is 12.0 Å². The number of benzene rings is 3. The molecule has 1 heterocycles. The van der Waals surface area contributed by atoms with Crippen molar-refractivity contribution in [3.63, 3.8) is 0 Å². The number of rotatable bonds is 6. The predicted octanol–water partition coefficient (Wildman–Crippen LogP) is 1.58. The van der Waals surface area contributed by atoms with E-state index in [9.17, 15) is 19.2 Å². The lowest BCUT2D eigenvalue weighted by molar-refractivity contribution is -0.130. The van der Waals surface area contributed by atoms with Crippen molar-refractivity contribution in [1.82, 2.24) is 20.4 Å². The summed E-state index contributed by atoms with van der Waals surface area (Å²) in [5, 5.41) is 0.277. The normalized spacial score (nSPS) is 10.5. The van der Waals surface area contributed by atoms with Gasteiger partial charge in [-0.1, -0.05) is 60.7 Å². The van der Waals surface area contributed by atoms with Crippen molar-refractivity contribution in [2.75, 3.05) is 6.61 Å². The van der Waals surface area contributed by atoms with E-state index in [0.717, 1.165) is 15.7 Å². The van der Waals surface area contributed by atoms with Gasteiger partial charge in [-0.2, -0.15) is 0 Å². The highest BCUT2D eigenvalue weighted by Gasteiger charge is 2.12. The molecule has 0 unspecified atom stereocenters. The van der Waals surface area contributed by atoms with E-state index in [4.69, 9.17) is 4.74 Å². The van der Waals surface area contributed by atoms with Gasteiger partial charge in [0.15, 0.2) is 6.61 Å². The second-order valence-corrected chi connectivity index (χ2v) is 7.11. The molecule has 2 amide bonds. The maximum atomic E-state index is 12.3. The molecule has 0 saturated carbocycles. The first-order chi connectivity index (χ1) is 16.0. The van der Waals surface area contributed by atoms with Crippen molar-refractivity contribution in [2.24, 2.45) is 0 Å². The van der Waals surface area contributed by atoms with Gasteiger partial charge in [0.25, 0.3) is 17.4 Å². The Balaban J connectivity index is 1.36. The lowest BCUT2D eigenvalue weighted by Crippen LogP contribution is -2.46. The third-order valence-electron chi connectivity index (χ3n) is 4.88. The molecule has 4 rings (SSSR count). The number of H-pyrrole nitrogens is 1. The van der Waals surface area contributed by atoms with Crippen LogP contribution in [0, 0.1) is 0 Å². The Morgan fingerprint density at radius 1 is 0.818 bits per heavy atom. The third kappa shape index (κ3) is 4.99. The highest BCUT2D eigenvalue weighted by molar-refractivity contribution is 5.84. The average molecular weight is 444 g/mol. The number of fused-ring (bicyclic) bond motifs is 1. The molecule has 0 fully saturated rings. The third-order valence-corrected chi connectivity index (χ3v) is 4.88. The minimum Gasteiger partial charge on any atom is -0.483 e. The number of nitrogens with one attached hydrogen (secondary N) is 3. The van der Waals surface area contributed by atoms with Crippen LogP contribution in [0.15, 0.2) is 88.5 Å². The van der Waals surface area contributed by atoms with Gasteiger partial charge in [0.1, 0.15) is 12.3 Å². The molecule has 0 atom stereocenters. The molecule has 3 aromatic carbocycles. The first-order valence-corrected chi connectivity index (χ1v) is 10.1. The average Bonchev–Trinajstić information content (AvgIpc) is 2.84. The van der Waals surface area contributed by atoms with Gasteiger partial charge in [0.05, 0.1) is 10.9 Å². The van der Waals surface area contributed by atoms with Crippen molar-refractivity contribution in [3.8, 4) is 16.9 Å². The quantitative estimate of drug-likeness (QED) is 0.390. The molecule has 0 aliphatic heterocycles. The Bertz CT molecular complexity index is 1430. The van der Waals surface area contributed by atoms with Crippen LogP contribution in [-0.4, -0.2) is 28.0 Å². The molecule has 0 spiro atoms. The van der Waals surface area contributed by atoms with E-state index >= 15 is 0 Å². The number of nitrogens with zero attached hydrogens (tertiary/aromatic N) is 1. The zero-order chi connectivity index (χ0) is 23.2. The summed E-state index contributed by atoms with van der Waals surface area (Å²) in [6, 6.07) is 23.3. The number of carbonyl (C=O) groups excluding carboxylic acids is 2. The molecule has 0 saturated heterocycles. The monoisotopic (exact) mass is 444 g/mol. The predicted molar refractivity (Wildman–Crippen MR) is 122 cm³/mol. The maximum absolute atomic E-state index is 12.3. The smallest absolute Gasteiger partial charge is 0.329 e. The van der Waals surface area contributed by atoms with Crippen LogP contribution in [0.2, 0.25) is 0 Å². The fourth-order valence-electron chi connectivity index (χ4n) is 3.35. The van der Waals surface area contributed by atoms with Gasteiger partial charge in [-0.15, -0.1) is 0 Å². The van der Waals surface area contributed by atoms with E-state index < -0.39 is 29.6 Å². The fourth-order valence-corrected chi connectivity index (χ4v) is 3.35. The van der Waals surface area contributed by atoms with E-state index in [1.807, 2.05) is 42.5 Å². The number of aromatic amines is 1. The first-order valence-electron chi connectivity index (χ1n) is 10.1. The van der Waals surface area contributed by atoms with Crippen LogP contribution in [0.3, 0.4) is 0 Å². The fraction of sp³-hybridized carbons (Fsp3) is 0.0833. The highest BCUT2D eigenvalue weighted by Crippen LogP contribution is 2.29. The topological polar surface area (TPSA) is 122 Å². The van der Waals surface area contributed by atoms with Crippen LogP contribution < -0.4 is 26.8 Å². The molecule has 4 aromatic rings. The molecule has 1 aromatic heterocycles. The first kappa shape index (κ1) is 21.6. The van der Waals surface area contributed by atoms with E-state index in [2.05, 4.69) is 15.8 Å². The number of hydrazine groups is 1. The molecular weight excluding hydrogens is 424 g/mol. The van der Waals surface area contributed by atoms with Gasteiger partial charge in [-0.05, 0) is 23.8 Å². The van der Waals surface area contributed by atoms with E-state index in [1.165, 1.54) is 0 Å². The maximum Gasteiger partial charge on any atom is 0.329 e. The minimum absolute atomic E-state index is 0.277. The molecule has 9 heteroatoms. The van der Waals surface area contributed by atoms with Gasteiger partial charge in [0, 0.05) is 5.56 Å². The van der Waals surface area contributed by atoms with Gasteiger partial charge in [-0.3, -0.25) is 34.8 Å². The van der Waals surface area contributed by atoms with Crippen molar-refractivity contribution < 1.29 is 14.3 Å².